The molecule has 1 atom stereocenters. The van der Waals surface area contributed by atoms with Crippen molar-refractivity contribution < 1.29 is 27.5 Å². The zero-order valence-electron chi connectivity index (χ0n) is 24.2. The number of rotatable bonds is 8. The van der Waals surface area contributed by atoms with E-state index in [1.165, 1.54) is 35.3 Å². The number of aromatic nitrogens is 3. The molecular weight excluding hydrogens is 593 g/mol. The highest BCUT2D eigenvalue weighted by Gasteiger charge is 2.31. The molecule has 230 valence electrons. The van der Waals surface area contributed by atoms with Gasteiger partial charge in [-0.3, -0.25) is 15.0 Å². The van der Waals surface area contributed by atoms with Crippen LogP contribution in [0.3, 0.4) is 0 Å². The Balaban J connectivity index is 1.17. The SMILES string of the molecule is CC(C)c1ccccc1N1C(=O)C[SH]=C1NC(=O)NCC(C)c1ccc(-c2ncn(-c3ccc(OC(F)(F)F)cc3)n2)cc1. The summed E-state index contributed by atoms with van der Waals surface area (Å²) in [5, 5.41) is 10.7. The lowest BCUT2D eigenvalue weighted by Crippen LogP contribution is -2.48. The summed E-state index contributed by atoms with van der Waals surface area (Å²) in [5.74, 6) is 0.580. The molecule has 1 aliphatic heterocycles. The van der Waals surface area contributed by atoms with Crippen molar-refractivity contribution in [2.24, 2.45) is 0 Å². The van der Waals surface area contributed by atoms with Gasteiger partial charge < -0.3 is 10.1 Å². The van der Waals surface area contributed by atoms with Crippen LogP contribution in [0.25, 0.3) is 17.1 Å². The second-order valence-corrected chi connectivity index (χ2v) is 11.6. The van der Waals surface area contributed by atoms with E-state index in [0.717, 1.165) is 33.7 Å². The van der Waals surface area contributed by atoms with Gasteiger partial charge in [-0.25, -0.2) is 14.5 Å². The number of para-hydroxylation sites is 1. The van der Waals surface area contributed by atoms with Crippen LogP contribution in [0.1, 0.15) is 43.7 Å². The third kappa shape index (κ3) is 7.28. The number of urea groups is 1. The minimum Gasteiger partial charge on any atom is -0.406 e. The predicted octanol–water partition coefficient (Wildman–Crippen LogP) is 5.96. The number of benzene rings is 3. The first-order valence-corrected chi connectivity index (χ1v) is 15.0. The zero-order valence-corrected chi connectivity index (χ0v) is 25.1. The monoisotopic (exact) mass is 624 g/mol. The van der Waals surface area contributed by atoms with Crippen LogP contribution in [0.4, 0.5) is 23.7 Å². The quantitative estimate of drug-likeness (QED) is 0.166. The van der Waals surface area contributed by atoms with Crippen LogP contribution in [0.5, 0.6) is 5.75 Å². The number of amides is 3. The van der Waals surface area contributed by atoms with Gasteiger partial charge in [0.25, 0.3) is 0 Å². The molecule has 0 fully saturated rings. The summed E-state index contributed by atoms with van der Waals surface area (Å²) in [4.78, 5) is 31.5. The minimum atomic E-state index is -4.76. The lowest BCUT2D eigenvalue weighted by molar-refractivity contribution is -0.274. The number of hydrogen-bond donors (Lipinski definition) is 3. The number of hydrogen-bond acceptors (Lipinski definition) is 5. The Morgan fingerprint density at radius 1 is 1.02 bits per heavy atom. The maximum atomic E-state index is 12.8. The summed E-state index contributed by atoms with van der Waals surface area (Å²) >= 11 is 0.736. The summed E-state index contributed by atoms with van der Waals surface area (Å²) in [6.07, 6.45) is -3.28. The number of anilines is 1. The van der Waals surface area contributed by atoms with Gasteiger partial charge in [0.05, 0.1) is 17.1 Å². The number of alkyl halides is 3. The Hall–Kier alpha value is -4.65. The summed E-state index contributed by atoms with van der Waals surface area (Å²) in [6.45, 7) is 6.49. The van der Waals surface area contributed by atoms with E-state index in [9.17, 15) is 22.8 Å². The maximum absolute atomic E-state index is 12.8. The van der Waals surface area contributed by atoms with E-state index in [1.54, 1.807) is 4.90 Å². The minimum absolute atomic E-state index is 0.0109. The van der Waals surface area contributed by atoms with Gasteiger partial charge in [0, 0.05) is 12.1 Å². The summed E-state index contributed by atoms with van der Waals surface area (Å²) < 4.78 is 42.6. The molecule has 44 heavy (non-hydrogen) atoms. The molecule has 0 bridgehead atoms. The van der Waals surface area contributed by atoms with Gasteiger partial charge in [0.1, 0.15) is 17.2 Å². The molecule has 5 rings (SSSR count). The molecule has 13 heteroatoms. The number of thiol groups is 1. The fraction of sp³-hybridized carbons (Fsp3) is 0.258. The number of halogens is 3. The average Bonchev–Trinajstić information content (AvgIpc) is 3.62. The highest BCUT2D eigenvalue weighted by Crippen LogP contribution is 2.30. The van der Waals surface area contributed by atoms with E-state index in [2.05, 4.69) is 39.3 Å². The average molecular weight is 625 g/mol. The Morgan fingerprint density at radius 2 is 1.73 bits per heavy atom. The highest BCUT2D eigenvalue weighted by atomic mass is 32.1. The first-order valence-electron chi connectivity index (χ1n) is 13.9. The van der Waals surface area contributed by atoms with E-state index in [4.69, 9.17) is 0 Å². The Morgan fingerprint density at radius 3 is 2.41 bits per heavy atom. The molecule has 1 aromatic heterocycles. The molecule has 2 N–H and O–H groups in total. The van der Waals surface area contributed by atoms with Gasteiger partial charge in [-0.05, 0) is 53.3 Å². The van der Waals surface area contributed by atoms with Gasteiger partial charge in [-0.2, -0.15) is 0 Å². The van der Waals surface area contributed by atoms with Crippen LogP contribution in [0, 0.1) is 0 Å². The van der Waals surface area contributed by atoms with Crippen molar-refractivity contribution in [1.82, 2.24) is 25.4 Å². The molecule has 0 saturated heterocycles. The third-order valence-electron chi connectivity index (χ3n) is 6.98. The van der Waals surface area contributed by atoms with Crippen molar-refractivity contribution >= 4 is 34.1 Å². The van der Waals surface area contributed by atoms with Crippen molar-refractivity contribution in [2.45, 2.75) is 39.0 Å². The van der Waals surface area contributed by atoms with Crippen molar-refractivity contribution in [1.29, 1.82) is 0 Å². The second kappa shape index (κ2) is 12.9. The number of carbonyl (C=O) groups is 2. The molecule has 1 aliphatic rings. The lowest BCUT2D eigenvalue weighted by Gasteiger charge is -2.24. The molecule has 0 saturated carbocycles. The zero-order chi connectivity index (χ0) is 31.4. The number of nitrogens with one attached hydrogen (secondary N) is 2. The van der Waals surface area contributed by atoms with Gasteiger partial charge in [-0.15, -0.1) is 29.6 Å². The Kier molecular flexibility index (Phi) is 9.04. The third-order valence-corrected chi connectivity index (χ3v) is 8.02. The Bertz CT molecular complexity index is 1670. The molecule has 1 unspecified atom stereocenters. The van der Waals surface area contributed by atoms with Crippen LogP contribution < -0.4 is 20.3 Å². The van der Waals surface area contributed by atoms with E-state index < -0.39 is 6.36 Å². The molecule has 0 aliphatic carbocycles. The van der Waals surface area contributed by atoms with Gasteiger partial charge in [0.15, 0.2) is 5.82 Å². The first-order chi connectivity index (χ1) is 21.0. The van der Waals surface area contributed by atoms with Gasteiger partial charge >= 0.3 is 12.4 Å². The molecule has 0 spiro atoms. The number of nitrogens with zero attached hydrogens (tertiary/aromatic N) is 4. The Labute approximate surface area is 256 Å². The normalized spacial score (nSPS) is 14.2. The van der Waals surface area contributed by atoms with E-state index in [0.29, 0.717) is 28.9 Å². The largest absolute Gasteiger partial charge is 0.573 e. The number of ether oxygens (including phenoxy) is 1. The summed E-state index contributed by atoms with van der Waals surface area (Å²) in [5.41, 5.74) is 4.09. The van der Waals surface area contributed by atoms with E-state index in [-0.39, 0.29) is 29.5 Å². The first kappa shape index (κ1) is 30.8. The van der Waals surface area contributed by atoms with Crippen molar-refractivity contribution in [3.63, 3.8) is 0 Å². The molecule has 4 aromatic rings. The molecular formula is C31H31F3N6O3S. The summed E-state index contributed by atoms with van der Waals surface area (Å²) in [6, 6.07) is 20.3. The van der Waals surface area contributed by atoms with Gasteiger partial charge in [-0.1, -0.05) is 63.2 Å². The fourth-order valence-electron chi connectivity index (χ4n) is 4.72. The molecule has 0 radical (unpaired) electrons. The van der Waals surface area contributed by atoms with E-state index >= 15 is 0 Å². The van der Waals surface area contributed by atoms with Crippen LogP contribution in [-0.4, -0.2) is 50.5 Å². The topological polar surface area (TPSA) is 101 Å². The predicted molar refractivity (Wildman–Crippen MR) is 165 cm³/mol. The summed E-state index contributed by atoms with van der Waals surface area (Å²) in [7, 11) is 0. The standard InChI is InChI=1S/C31H31F3N6O3S/c1-19(2)25-6-4-5-7-26(25)40-27(41)17-44-30(40)37-29(42)35-16-20(3)21-8-10-22(11-9-21)28-36-18-39(38-28)23-12-14-24(15-13-23)43-31(32,33)34/h4-15,18-20,44H,16-17H2,1-3H3,(H2,35,37,42). The van der Waals surface area contributed by atoms with Crippen LogP contribution in [-0.2, 0) is 4.79 Å². The van der Waals surface area contributed by atoms with Crippen LogP contribution >= 0.6 is 11.4 Å². The smallest absolute Gasteiger partial charge is 0.406 e. The fourth-order valence-corrected chi connectivity index (χ4v) is 5.68. The molecule has 2 heterocycles. The maximum Gasteiger partial charge on any atom is 0.573 e. The molecule has 3 amide bonds. The molecule has 3 aromatic carbocycles. The number of carbonyl (C=O) groups excluding carboxylic acids is 2. The highest BCUT2D eigenvalue weighted by molar-refractivity contribution is 8.00. The van der Waals surface area contributed by atoms with Crippen molar-refractivity contribution in [2.75, 3.05) is 17.2 Å². The van der Waals surface area contributed by atoms with Crippen LogP contribution in [0.2, 0.25) is 0 Å². The van der Waals surface area contributed by atoms with Crippen molar-refractivity contribution in [3.05, 3.63) is 90.3 Å². The molecule has 9 nitrogen and oxygen atoms in total. The lowest BCUT2D eigenvalue weighted by atomic mass is 10.00. The second-order valence-electron chi connectivity index (χ2n) is 10.5. The van der Waals surface area contributed by atoms with Crippen LogP contribution in [0.15, 0.2) is 79.1 Å². The van der Waals surface area contributed by atoms with Crippen molar-refractivity contribution in [3.8, 4) is 22.8 Å². The van der Waals surface area contributed by atoms with Gasteiger partial charge in [0.2, 0.25) is 5.91 Å². The van der Waals surface area contributed by atoms with E-state index in [1.807, 2.05) is 55.5 Å².